The molecule has 2 rings (SSSR count). The maximum atomic E-state index is 8.81. The van der Waals surface area contributed by atoms with E-state index in [2.05, 4.69) is 28.0 Å². The number of halogens is 1. The maximum absolute atomic E-state index is 8.81. The molecule has 0 radical (unpaired) electrons. The Morgan fingerprint density at radius 1 is 1.35 bits per heavy atom. The highest BCUT2D eigenvalue weighted by Gasteiger charge is 2.21. The van der Waals surface area contributed by atoms with Gasteiger partial charge >= 0.3 is 0 Å². The third-order valence-electron chi connectivity index (χ3n) is 4.07. The topological polar surface area (TPSA) is 60.2 Å². The van der Waals surface area contributed by atoms with Gasteiger partial charge in [0.15, 0.2) is 5.96 Å². The zero-order chi connectivity index (χ0) is 15.8. The summed E-state index contributed by atoms with van der Waals surface area (Å²) in [6, 6.07) is 10.3. The molecule has 0 heterocycles. The summed E-state index contributed by atoms with van der Waals surface area (Å²) in [5, 5.41) is 16.5. The molecule has 0 aromatic heterocycles. The van der Waals surface area contributed by atoms with Crippen molar-refractivity contribution in [3.8, 4) is 6.07 Å². The Kier molecular flexibility index (Phi) is 9.41. The van der Waals surface area contributed by atoms with Gasteiger partial charge in [-0.1, -0.05) is 18.6 Å². The molecule has 2 N–H and O–H groups in total. The van der Waals surface area contributed by atoms with Crippen LogP contribution >= 0.6 is 35.7 Å². The SMILES string of the molecule is CN=C(NCc1ccc(C#N)cc1)NC1CCCC(SC)C1.I. The van der Waals surface area contributed by atoms with Crippen LogP contribution in [0, 0.1) is 11.3 Å². The molecule has 0 bridgehead atoms. The minimum atomic E-state index is 0. The Morgan fingerprint density at radius 3 is 2.70 bits per heavy atom. The van der Waals surface area contributed by atoms with Crippen molar-refractivity contribution in [2.45, 2.75) is 43.5 Å². The third-order valence-corrected chi connectivity index (χ3v) is 5.16. The van der Waals surface area contributed by atoms with Crippen molar-refractivity contribution in [1.82, 2.24) is 10.6 Å². The lowest BCUT2D eigenvalue weighted by molar-refractivity contribution is 0.419. The zero-order valence-electron chi connectivity index (χ0n) is 13.7. The number of hydrogen-bond acceptors (Lipinski definition) is 3. The van der Waals surface area contributed by atoms with Crippen LogP contribution in [-0.4, -0.2) is 30.6 Å². The van der Waals surface area contributed by atoms with Crippen molar-refractivity contribution in [3.63, 3.8) is 0 Å². The van der Waals surface area contributed by atoms with Gasteiger partial charge in [-0.25, -0.2) is 0 Å². The normalized spacial score (nSPS) is 21.0. The van der Waals surface area contributed by atoms with E-state index < -0.39 is 0 Å². The average Bonchev–Trinajstić information content (AvgIpc) is 2.59. The highest BCUT2D eigenvalue weighted by Crippen LogP contribution is 2.26. The van der Waals surface area contributed by atoms with Crippen molar-refractivity contribution < 1.29 is 0 Å². The Morgan fingerprint density at radius 2 is 2.09 bits per heavy atom. The van der Waals surface area contributed by atoms with E-state index in [1.165, 1.54) is 25.7 Å². The smallest absolute Gasteiger partial charge is 0.191 e. The van der Waals surface area contributed by atoms with Gasteiger partial charge in [-0.2, -0.15) is 17.0 Å². The van der Waals surface area contributed by atoms with E-state index in [1.54, 1.807) is 0 Å². The molecule has 1 aromatic carbocycles. The van der Waals surface area contributed by atoms with E-state index in [1.807, 2.05) is 43.1 Å². The van der Waals surface area contributed by atoms with Crippen LogP contribution in [0.15, 0.2) is 29.3 Å². The van der Waals surface area contributed by atoms with Crippen LogP contribution in [-0.2, 0) is 6.54 Å². The van der Waals surface area contributed by atoms with Crippen LogP contribution in [0.2, 0.25) is 0 Å². The van der Waals surface area contributed by atoms with E-state index in [4.69, 9.17) is 5.26 Å². The van der Waals surface area contributed by atoms with Gasteiger partial charge in [0, 0.05) is 24.9 Å². The largest absolute Gasteiger partial charge is 0.354 e. The summed E-state index contributed by atoms with van der Waals surface area (Å²) < 4.78 is 0. The fourth-order valence-electron chi connectivity index (χ4n) is 2.76. The summed E-state index contributed by atoms with van der Waals surface area (Å²) in [6.07, 6.45) is 7.24. The summed E-state index contributed by atoms with van der Waals surface area (Å²) in [7, 11) is 1.81. The molecular formula is C17H25IN4S. The molecule has 0 spiro atoms. The van der Waals surface area contributed by atoms with Crippen molar-refractivity contribution >= 4 is 41.7 Å². The molecular weight excluding hydrogens is 419 g/mol. The van der Waals surface area contributed by atoms with Gasteiger partial charge in [0.25, 0.3) is 0 Å². The lowest BCUT2D eigenvalue weighted by Crippen LogP contribution is -2.45. The summed E-state index contributed by atoms with van der Waals surface area (Å²) in [5.41, 5.74) is 1.84. The van der Waals surface area contributed by atoms with Gasteiger partial charge in [0.1, 0.15) is 0 Å². The lowest BCUT2D eigenvalue weighted by Gasteiger charge is -2.29. The molecule has 0 amide bonds. The fraction of sp³-hybridized carbons (Fsp3) is 0.529. The van der Waals surface area contributed by atoms with E-state index in [-0.39, 0.29) is 24.0 Å². The van der Waals surface area contributed by atoms with Crippen LogP contribution in [0.5, 0.6) is 0 Å². The molecule has 126 valence electrons. The molecule has 0 saturated heterocycles. The average molecular weight is 444 g/mol. The van der Waals surface area contributed by atoms with Crippen molar-refractivity contribution in [1.29, 1.82) is 5.26 Å². The fourth-order valence-corrected chi connectivity index (χ4v) is 3.59. The number of benzene rings is 1. The third kappa shape index (κ3) is 6.60. The molecule has 6 heteroatoms. The second-order valence-electron chi connectivity index (χ2n) is 5.60. The summed E-state index contributed by atoms with van der Waals surface area (Å²) in [6.45, 7) is 0.712. The van der Waals surface area contributed by atoms with Gasteiger partial charge < -0.3 is 10.6 Å². The van der Waals surface area contributed by atoms with E-state index in [0.29, 0.717) is 18.2 Å². The van der Waals surface area contributed by atoms with Crippen LogP contribution < -0.4 is 10.6 Å². The van der Waals surface area contributed by atoms with Gasteiger partial charge in [-0.05, 0) is 43.2 Å². The first-order valence-electron chi connectivity index (χ1n) is 7.74. The monoisotopic (exact) mass is 444 g/mol. The second-order valence-corrected chi connectivity index (χ2v) is 6.74. The van der Waals surface area contributed by atoms with E-state index in [9.17, 15) is 0 Å². The Bertz CT molecular complexity index is 539. The zero-order valence-corrected chi connectivity index (χ0v) is 16.9. The minimum Gasteiger partial charge on any atom is -0.354 e. The second kappa shape index (κ2) is 10.8. The first kappa shape index (κ1) is 20.1. The van der Waals surface area contributed by atoms with E-state index >= 15 is 0 Å². The highest BCUT2D eigenvalue weighted by atomic mass is 127. The molecule has 1 aliphatic rings. The molecule has 2 unspecified atom stereocenters. The van der Waals surface area contributed by atoms with E-state index in [0.717, 1.165) is 16.8 Å². The quantitative estimate of drug-likeness (QED) is 0.424. The molecule has 0 aliphatic heterocycles. The number of thioether (sulfide) groups is 1. The number of nitrogens with zero attached hydrogens (tertiary/aromatic N) is 2. The van der Waals surface area contributed by atoms with Gasteiger partial charge in [0.2, 0.25) is 0 Å². The van der Waals surface area contributed by atoms with Gasteiger partial charge in [-0.15, -0.1) is 24.0 Å². The number of guanidine groups is 1. The Labute approximate surface area is 160 Å². The Hall–Kier alpha value is -0.940. The first-order chi connectivity index (χ1) is 10.7. The summed E-state index contributed by atoms with van der Waals surface area (Å²) >= 11 is 1.97. The predicted octanol–water partition coefficient (Wildman–Crippen LogP) is 3.52. The van der Waals surface area contributed by atoms with Crippen molar-refractivity contribution in [2.75, 3.05) is 13.3 Å². The van der Waals surface area contributed by atoms with Crippen LogP contribution in [0.4, 0.5) is 0 Å². The molecule has 4 nitrogen and oxygen atoms in total. The molecule has 2 atom stereocenters. The van der Waals surface area contributed by atoms with Gasteiger partial charge in [0.05, 0.1) is 11.6 Å². The number of nitrogens with one attached hydrogen (secondary N) is 2. The lowest BCUT2D eigenvalue weighted by atomic mass is 9.95. The van der Waals surface area contributed by atoms with Crippen molar-refractivity contribution in [2.24, 2.45) is 4.99 Å². The maximum Gasteiger partial charge on any atom is 0.191 e. The van der Waals surface area contributed by atoms with Gasteiger partial charge in [-0.3, -0.25) is 4.99 Å². The van der Waals surface area contributed by atoms with Crippen LogP contribution in [0.3, 0.4) is 0 Å². The number of nitriles is 1. The number of aliphatic imine (C=N–C) groups is 1. The molecule has 1 saturated carbocycles. The summed E-state index contributed by atoms with van der Waals surface area (Å²) in [4.78, 5) is 4.32. The summed E-state index contributed by atoms with van der Waals surface area (Å²) in [5.74, 6) is 0.858. The molecule has 23 heavy (non-hydrogen) atoms. The number of hydrogen-bond donors (Lipinski definition) is 2. The van der Waals surface area contributed by atoms with Crippen LogP contribution in [0.25, 0.3) is 0 Å². The predicted molar refractivity (Wildman–Crippen MR) is 109 cm³/mol. The molecule has 1 aliphatic carbocycles. The first-order valence-corrected chi connectivity index (χ1v) is 9.03. The van der Waals surface area contributed by atoms with Crippen LogP contribution in [0.1, 0.15) is 36.8 Å². The molecule has 1 aromatic rings. The standard InChI is InChI=1S/C17H24N4S.HI/c1-19-17(21-15-4-3-5-16(10-15)22-2)20-12-14-8-6-13(11-18)7-9-14;/h6-9,15-16H,3-5,10,12H2,1-2H3,(H2,19,20,21);1H. The minimum absolute atomic E-state index is 0. The highest BCUT2D eigenvalue weighted by molar-refractivity contribution is 14.0. The number of rotatable bonds is 4. The molecule has 1 fully saturated rings. The Balaban J connectivity index is 0.00000264. The van der Waals surface area contributed by atoms with Crippen molar-refractivity contribution in [3.05, 3.63) is 35.4 Å².